The van der Waals surface area contributed by atoms with Gasteiger partial charge in [0.15, 0.2) is 0 Å². The maximum absolute atomic E-state index is 13.4. The summed E-state index contributed by atoms with van der Waals surface area (Å²) in [6, 6.07) is 2.64. The number of para-hydroxylation sites is 1. The molecule has 8 heteroatoms. The summed E-state index contributed by atoms with van der Waals surface area (Å²) in [6.07, 6.45) is -3.76. The molecule has 0 fully saturated rings. The SMILES string of the molecule is Nc1ncn(-c2c(F)cccc2C(F)(F)F)n1. The second-order valence-electron chi connectivity index (χ2n) is 3.18. The van der Waals surface area contributed by atoms with Gasteiger partial charge in [-0.25, -0.2) is 14.1 Å². The number of rotatable bonds is 1. The number of benzene rings is 1. The minimum Gasteiger partial charge on any atom is -0.366 e. The molecular weight excluding hydrogens is 240 g/mol. The first-order chi connectivity index (χ1) is 7.89. The van der Waals surface area contributed by atoms with Gasteiger partial charge in [-0.3, -0.25) is 0 Å². The summed E-state index contributed by atoms with van der Waals surface area (Å²) in [7, 11) is 0. The van der Waals surface area contributed by atoms with Gasteiger partial charge >= 0.3 is 6.18 Å². The molecule has 0 saturated heterocycles. The van der Waals surface area contributed by atoms with Crippen LogP contribution in [-0.2, 0) is 6.18 Å². The lowest BCUT2D eigenvalue weighted by atomic mass is 10.1. The van der Waals surface area contributed by atoms with E-state index in [1.807, 2.05) is 0 Å². The number of aromatic nitrogens is 3. The smallest absolute Gasteiger partial charge is 0.366 e. The quantitative estimate of drug-likeness (QED) is 0.783. The maximum Gasteiger partial charge on any atom is 0.418 e. The van der Waals surface area contributed by atoms with Crippen molar-refractivity contribution in [2.45, 2.75) is 6.18 Å². The summed E-state index contributed by atoms with van der Waals surface area (Å²) >= 11 is 0. The summed E-state index contributed by atoms with van der Waals surface area (Å²) in [5.41, 5.74) is 3.32. The van der Waals surface area contributed by atoms with E-state index in [2.05, 4.69) is 10.1 Å². The lowest BCUT2D eigenvalue weighted by Crippen LogP contribution is -2.13. The molecule has 4 nitrogen and oxygen atoms in total. The predicted octanol–water partition coefficient (Wildman–Crippen LogP) is 2.01. The monoisotopic (exact) mass is 246 g/mol. The van der Waals surface area contributed by atoms with E-state index in [9.17, 15) is 17.6 Å². The third-order valence-corrected chi connectivity index (χ3v) is 2.03. The molecule has 0 aliphatic heterocycles. The third-order valence-electron chi connectivity index (χ3n) is 2.03. The molecule has 1 aromatic carbocycles. The molecular formula is C9H6F4N4. The minimum absolute atomic E-state index is 0.235. The summed E-state index contributed by atoms with van der Waals surface area (Å²) < 4.78 is 52.1. The molecule has 2 rings (SSSR count). The van der Waals surface area contributed by atoms with Gasteiger partial charge in [-0.1, -0.05) is 6.07 Å². The largest absolute Gasteiger partial charge is 0.418 e. The van der Waals surface area contributed by atoms with E-state index < -0.39 is 23.2 Å². The first-order valence-electron chi connectivity index (χ1n) is 4.43. The minimum atomic E-state index is -4.68. The first-order valence-corrected chi connectivity index (χ1v) is 4.43. The second kappa shape index (κ2) is 3.72. The van der Waals surface area contributed by atoms with Crippen LogP contribution in [0, 0.1) is 5.82 Å². The van der Waals surface area contributed by atoms with Gasteiger partial charge in [0.1, 0.15) is 17.8 Å². The average Bonchev–Trinajstić information content (AvgIpc) is 2.63. The van der Waals surface area contributed by atoms with E-state index in [0.29, 0.717) is 4.68 Å². The van der Waals surface area contributed by atoms with Crippen LogP contribution in [0.4, 0.5) is 23.5 Å². The van der Waals surface area contributed by atoms with Gasteiger partial charge in [-0.15, -0.1) is 5.10 Å². The fourth-order valence-corrected chi connectivity index (χ4v) is 1.36. The Hall–Kier alpha value is -2.12. The first kappa shape index (κ1) is 11.4. The molecule has 17 heavy (non-hydrogen) atoms. The van der Waals surface area contributed by atoms with Crippen molar-refractivity contribution in [2.75, 3.05) is 5.73 Å². The van der Waals surface area contributed by atoms with Crippen LogP contribution in [0.25, 0.3) is 5.69 Å². The van der Waals surface area contributed by atoms with Crippen LogP contribution >= 0.6 is 0 Å². The number of hydrogen-bond donors (Lipinski definition) is 1. The molecule has 0 aliphatic rings. The number of nitrogen functional groups attached to an aromatic ring is 1. The molecule has 2 aromatic rings. The van der Waals surface area contributed by atoms with Gasteiger partial charge in [-0.2, -0.15) is 13.2 Å². The number of hydrogen-bond acceptors (Lipinski definition) is 3. The molecule has 0 spiro atoms. The molecule has 2 N–H and O–H groups in total. The Morgan fingerprint density at radius 1 is 1.24 bits per heavy atom. The summed E-state index contributed by atoms with van der Waals surface area (Å²) in [6.45, 7) is 0. The van der Waals surface area contributed by atoms with Gasteiger partial charge in [0, 0.05) is 0 Å². The number of nitrogens with two attached hydrogens (primary N) is 1. The molecule has 90 valence electrons. The van der Waals surface area contributed by atoms with E-state index in [1.54, 1.807) is 0 Å². The number of anilines is 1. The summed E-state index contributed by atoms with van der Waals surface area (Å²) in [5, 5.41) is 3.46. The molecule has 0 aliphatic carbocycles. The predicted molar refractivity (Wildman–Crippen MR) is 50.7 cm³/mol. The van der Waals surface area contributed by atoms with Crippen molar-refractivity contribution < 1.29 is 17.6 Å². The zero-order valence-corrected chi connectivity index (χ0v) is 8.24. The number of alkyl halides is 3. The van der Waals surface area contributed by atoms with Gasteiger partial charge in [0.05, 0.1) is 5.56 Å². The van der Waals surface area contributed by atoms with E-state index in [4.69, 9.17) is 5.73 Å². The van der Waals surface area contributed by atoms with Crippen molar-refractivity contribution >= 4 is 5.95 Å². The zero-order chi connectivity index (χ0) is 12.6. The maximum atomic E-state index is 13.4. The van der Waals surface area contributed by atoms with E-state index >= 15 is 0 Å². The Labute approximate surface area is 92.7 Å². The van der Waals surface area contributed by atoms with E-state index in [-0.39, 0.29) is 5.95 Å². The molecule has 0 bridgehead atoms. The molecule has 0 saturated carbocycles. The van der Waals surface area contributed by atoms with Gasteiger partial charge in [0.25, 0.3) is 0 Å². The zero-order valence-electron chi connectivity index (χ0n) is 8.24. The molecule has 1 heterocycles. The number of nitrogens with zero attached hydrogens (tertiary/aromatic N) is 3. The Kier molecular flexibility index (Phi) is 2.49. The van der Waals surface area contributed by atoms with E-state index in [1.165, 1.54) is 0 Å². The normalized spacial score (nSPS) is 11.8. The Morgan fingerprint density at radius 3 is 2.47 bits per heavy atom. The van der Waals surface area contributed by atoms with Crippen LogP contribution in [0.15, 0.2) is 24.5 Å². The second-order valence-corrected chi connectivity index (χ2v) is 3.18. The molecule has 0 radical (unpaired) electrons. The standard InChI is InChI=1S/C9H6F4N4/c10-6-3-1-2-5(9(11,12)13)7(6)17-4-15-8(14)16-17/h1-4H,(H2,14,16). The Balaban J connectivity index is 2.67. The lowest BCUT2D eigenvalue weighted by Gasteiger charge is -2.12. The Bertz CT molecular complexity index is 546. The topological polar surface area (TPSA) is 56.7 Å². The van der Waals surface area contributed by atoms with Crippen LogP contribution in [0.5, 0.6) is 0 Å². The van der Waals surface area contributed by atoms with Crippen LogP contribution in [0.1, 0.15) is 5.56 Å². The van der Waals surface area contributed by atoms with Crippen LogP contribution in [-0.4, -0.2) is 14.8 Å². The summed E-state index contributed by atoms with van der Waals surface area (Å²) in [5.74, 6) is -1.29. The molecule has 0 atom stereocenters. The summed E-state index contributed by atoms with van der Waals surface area (Å²) in [4.78, 5) is 3.45. The van der Waals surface area contributed by atoms with Gasteiger partial charge in [0.2, 0.25) is 5.95 Å². The highest BCUT2D eigenvalue weighted by atomic mass is 19.4. The van der Waals surface area contributed by atoms with Crippen LogP contribution in [0.2, 0.25) is 0 Å². The van der Waals surface area contributed by atoms with Crippen LogP contribution in [0.3, 0.4) is 0 Å². The van der Waals surface area contributed by atoms with Crippen molar-refractivity contribution in [1.29, 1.82) is 0 Å². The van der Waals surface area contributed by atoms with Crippen molar-refractivity contribution in [3.63, 3.8) is 0 Å². The van der Waals surface area contributed by atoms with Crippen molar-refractivity contribution in [2.24, 2.45) is 0 Å². The van der Waals surface area contributed by atoms with Gasteiger partial charge in [-0.05, 0) is 12.1 Å². The van der Waals surface area contributed by atoms with Gasteiger partial charge < -0.3 is 5.73 Å². The Morgan fingerprint density at radius 2 is 1.94 bits per heavy atom. The highest BCUT2D eigenvalue weighted by Crippen LogP contribution is 2.34. The van der Waals surface area contributed by atoms with E-state index in [0.717, 1.165) is 24.5 Å². The van der Waals surface area contributed by atoms with Crippen molar-refractivity contribution in [3.05, 3.63) is 35.9 Å². The highest BCUT2D eigenvalue weighted by Gasteiger charge is 2.35. The lowest BCUT2D eigenvalue weighted by molar-refractivity contribution is -0.137. The molecule has 0 unspecified atom stereocenters. The average molecular weight is 246 g/mol. The molecule has 0 amide bonds. The fourth-order valence-electron chi connectivity index (χ4n) is 1.36. The van der Waals surface area contributed by atoms with Crippen LogP contribution < -0.4 is 5.73 Å². The fraction of sp³-hybridized carbons (Fsp3) is 0.111. The third kappa shape index (κ3) is 2.05. The van der Waals surface area contributed by atoms with Crippen molar-refractivity contribution in [3.8, 4) is 5.69 Å². The highest BCUT2D eigenvalue weighted by molar-refractivity contribution is 5.43. The van der Waals surface area contributed by atoms with Crippen molar-refractivity contribution in [1.82, 2.24) is 14.8 Å². The number of halogens is 4. The molecule has 1 aromatic heterocycles.